The predicted octanol–water partition coefficient (Wildman–Crippen LogP) is 8.02. The third-order valence-corrected chi connectivity index (χ3v) is 9.20. The molecule has 2 saturated carbocycles. The number of hydrogen-bond donors (Lipinski definition) is 1. The Morgan fingerprint density at radius 1 is 1.00 bits per heavy atom. The van der Waals surface area contributed by atoms with Crippen molar-refractivity contribution in [2.24, 2.45) is 17.8 Å². The molecule has 214 valence electrons. The van der Waals surface area contributed by atoms with Crippen LogP contribution in [0.15, 0.2) is 42.6 Å². The molecule has 0 spiro atoms. The first kappa shape index (κ1) is 27.2. The molecule has 1 N–H and O–H groups in total. The lowest BCUT2D eigenvalue weighted by molar-refractivity contribution is -0.133. The van der Waals surface area contributed by atoms with Gasteiger partial charge >= 0.3 is 0 Å². The van der Waals surface area contributed by atoms with Crippen LogP contribution in [0.25, 0.3) is 10.9 Å². The normalized spacial score (nSPS) is 21.0. The zero-order valence-corrected chi connectivity index (χ0v) is 24.4. The fraction of sp³-hybridized carbons (Fsp3) is 0.571. The van der Waals surface area contributed by atoms with Crippen LogP contribution >= 0.6 is 0 Å². The summed E-state index contributed by atoms with van der Waals surface area (Å²) in [5.41, 5.74) is 5.17. The van der Waals surface area contributed by atoms with Crippen molar-refractivity contribution in [1.29, 1.82) is 0 Å². The highest BCUT2D eigenvalue weighted by molar-refractivity contribution is 5.82. The van der Waals surface area contributed by atoms with Crippen molar-refractivity contribution >= 4 is 16.8 Å². The molecule has 0 radical (unpaired) electrons. The molecule has 1 aromatic heterocycles. The largest absolute Gasteiger partial charge is 0.490 e. The van der Waals surface area contributed by atoms with Gasteiger partial charge in [0.05, 0.1) is 13.2 Å². The molecule has 0 unspecified atom stereocenters. The number of hydrogen-bond acceptors (Lipinski definition) is 3. The van der Waals surface area contributed by atoms with E-state index in [1.165, 1.54) is 72.5 Å². The standard InChI is InChI=1S/C35H46N2O3/c1-24(2)22-37(23-27-19-31(29-13-14-29)35-33(20-27)39-17-4-18-40-35)34(38)21-26-9-7-25(8-10-26)11-12-28-5-3-6-32-30(28)15-16-36-32/h3,5-6,15-16,19-20,24-26,29,36H,4,7-14,17-18,21-23H2,1-2H3. The molecule has 0 bridgehead atoms. The van der Waals surface area contributed by atoms with E-state index >= 15 is 0 Å². The Bertz CT molecular complexity index is 1300. The van der Waals surface area contributed by atoms with Gasteiger partial charge in [-0.2, -0.15) is 0 Å². The van der Waals surface area contributed by atoms with Gasteiger partial charge in [-0.1, -0.05) is 38.8 Å². The van der Waals surface area contributed by atoms with Gasteiger partial charge in [-0.25, -0.2) is 0 Å². The Kier molecular flexibility index (Phi) is 8.36. The maximum absolute atomic E-state index is 13.7. The molecule has 0 atom stereocenters. The van der Waals surface area contributed by atoms with Gasteiger partial charge in [0.25, 0.3) is 0 Å². The summed E-state index contributed by atoms with van der Waals surface area (Å²) >= 11 is 0. The summed E-state index contributed by atoms with van der Waals surface area (Å²) in [6.45, 7) is 7.29. The van der Waals surface area contributed by atoms with Crippen molar-refractivity contribution in [3.05, 3.63) is 59.3 Å². The van der Waals surface area contributed by atoms with Crippen molar-refractivity contribution < 1.29 is 14.3 Å². The van der Waals surface area contributed by atoms with Gasteiger partial charge in [-0.3, -0.25) is 4.79 Å². The first-order valence-corrected chi connectivity index (χ1v) is 15.8. The SMILES string of the molecule is CC(C)CN(Cc1cc2c(c(C3CC3)c1)OCCCO2)C(=O)CC1CCC(CCc2cccc3[nH]ccc23)CC1. The van der Waals surface area contributed by atoms with Crippen molar-refractivity contribution in [3.63, 3.8) is 0 Å². The smallest absolute Gasteiger partial charge is 0.223 e. The topological polar surface area (TPSA) is 54.6 Å². The van der Waals surface area contributed by atoms with Gasteiger partial charge in [-0.15, -0.1) is 0 Å². The van der Waals surface area contributed by atoms with Gasteiger partial charge in [-0.05, 0) is 97.6 Å². The molecule has 2 aliphatic carbocycles. The number of aryl methyl sites for hydroxylation is 1. The highest BCUT2D eigenvalue weighted by Gasteiger charge is 2.31. The Hall–Kier alpha value is -2.95. The van der Waals surface area contributed by atoms with Gasteiger partial charge in [0, 0.05) is 48.6 Å². The van der Waals surface area contributed by atoms with Crippen LogP contribution in [0, 0.1) is 17.8 Å². The van der Waals surface area contributed by atoms with Crippen LogP contribution in [0.5, 0.6) is 11.5 Å². The quantitative estimate of drug-likeness (QED) is 0.282. The number of H-pyrrole nitrogens is 1. The van der Waals surface area contributed by atoms with Crippen molar-refractivity contribution in [3.8, 4) is 11.5 Å². The molecule has 2 heterocycles. The zero-order chi connectivity index (χ0) is 27.5. The third-order valence-electron chi connectivity index (χ3n) is 9.20. The maximum Gasteiger partial charge on any atom is 0.223 e. The molecule has 6 rings (SSSR count). The first-order valence-electron chi connectivity index (χ1n) is 15.8. The lowest BCUT2D eigenvalue weighted by Crippen LogP contribution is -2.35. The summed E-state index contributed by atoms with van der Waals surface area (Å²) in [5, 5.41) is 1.37. The summed E-state index contributed by atoms with van der Waals surface area (Å²) in [7, 11) is 0. The molecule has 3 aromatic rings. The Balaban J connectivity index is 1.05. The lowest BCUT2D eigenvalue weighted by atomic mass is 9.78. The fourth-order valence-electron chi connectivity index (χ4n) is 6.89. The highest BCUT2D eigenvalue weighted by Crippen LogP contribution is 2.48. The number of benzene rings is 2. The summed E-state index contributed by atoms with van der Waals surface area (Å²) in [5.74, 6) is 4.44. The molecule has 5 heteroatoms. The van der Waals surface area contributed by atoms with E-state index in [1.54, 1.807) is 0 Å². The molecular weight excluding hydrogens is 496 g/mol. The number of nitrogens with zero attached hydrogens (tertiary/aromatic N) is 1. The van der Waals surface area contributed by atoms with Crippen LogP contribution in [-0.4, -0.2) is 35.5 Å². The number of aromatic nitrogens is 1. The number of ether oxygens (including phenoxy) is 2. The van der Waals surface area contributed by atoms with E-state index in [0.717, 1.165) is 43.4 Å². The van der Waals surface area contributed by atoms with Crippen LogP contribution in [-0.2, 0) is 17.8 Å². The Labute approximate surface area is 239 Å². The molecule has 2 fully saturated rings. The summed E-state index contributed by atoms with van der Waals surface area (Å²) in [6, 6.07) is 13.2. The monoisotopic (exact) mass is 542 g/mol. The molecule has 3 aliphatic rings. The van der Waals surface area contributed by atoms with Gasteiger partial charge in [0.2, 0.25) is 5.91 Å². The second kappa shape index (κ2) is 12.3. The molecule has 5 nitrogen and oxygen atoms in total. The van der Waals surface area contributed by atoms with Crippen molar-refractivity contribution in [2.45, 2.75) is 90.5 Å². The molecule has 2 aromatic carbocycles. The number of rotatable bonds is 10. The van der Waals surface area contributed by atoms with Crippen molar-refractivity contribution in [2.75, 3.05) is 19.8 Å². The third kappa shape index (κ3) is 6.50. The van der Waals surface area contributed by atoms with E-state index in [0.29, 0.717) is 43.2 Å². The average molecular weight is 543 g/mol. The summed E-state index contributed by atoms with van der Waals surface area (Å²) < 4.78 is 12.2. The highest BCUT2D eigenvalue weighted by atomic mass is 16.5. The second-order valence-corrected chi connectivity index (χ2v) is 13.0. The lowest BCUT2D eigenvalue weighted by Gasteiger charge is -2.31. The number of amides is 1. The van der Waals surface area contributed by atoms with E-state index in [1.807, 2.05) is 6.20 Å². The molecule has 1 amide bonds. The van der Waals surface area contributed by atoms with Gasteiger partial charge in [0.1, 0.15) is 0 Å². The van der Waals surface area contributed by atoms with E-state index in [2.05, 4.69) is 60.1 Å². The van der Waals surface area contributed by atoms with Crippen LogP contribution < -0.4 is 9.47 Å². The predicted molar refractivity (Wildman–Crippen MR) is 161 cm³/mol. The number of aromatic amines is 1. The summed E-state index contributed by atoms with van der Waals surface area (Å²) in [6.07, 6.45) is 13.3. The van der Waals surface area contributed by atoms with E-state index < -0.39 is 0 Å². The fourth-order valence-corrected chi connectivity index (χ4v) is 6.89. The minimum absolute atomic E-state index is 0.316. The molecule has 0 saturated heterocycles. The molecular formula is C35H46N2O3. The van der Waals surface area contributed by atoms with Crippen molar-refractivity contribution in [1.82, 2.24) is 9.88 Å². The molecule has 1 aliphatic heterocycles. The minimum atomic E-state index is 0.316. The number of nitrogens with one attached hydrogen (secondary N) is 1. The van der Waals surface area contributed by atoms with Crippen LogP contribution in [0.4, 0.5) is 0 Å². The maximum atomic E-state index is 13.7. The van der Waals surface area contributed by atoms with E-state index in [4.69, 9.17) is 9.47 Å². The number of carbonyl (C=O) groups is 1. The van der Waals surface area contributed by atoms with E-state index in [-0.39, 0.29) is 0 Å². The van der Waals surface area contributed by atoms with Gasteiger partial charge in [0.15, 0.2) is 11.5 Å². The Morgan fingerprint density at radius 3 is 2.60 bits per heavy atom. The average Bonchev–Trinajstić information content (AvgIpc) is 3.72. The van der Waals surface area contributed by atoms with Crippen LogP contribution in [0.1, 0.15) is 94.2 Å². The summed E-state index contributed by atoms with van der Waals surface area (Å²) in [4.78, 5) is 19.1. The minimum Gasteiger partial charge on any atom is -0.490 e. The number of carbonyl (C=O) groups excluding carboxylic acids is 1. The van der Waals surface area contributed by atoms with Crippen LogP contribution in [0.2, 0.25) is 0 Å². The Morgan fingerprint density at radius 2 is 1.80 bits per heavy atom. The zero-order valence-electron chi connectivity index (χ0n) is 24.4. The van der Waals surface area contributed by atoms with Crippen LogP contribution in [0.3, 0.4) is 0 Å². The molecule has 40 heavy (non-hydrogen) atoms. The van der Waals surface area contributed by atoms with Gasteiger partial charge < -0.3 is 19.4 Å². The first-order chi connectivity index (χ1) is 19.5. The van der Waals surface area contributed by atoms with E-state index in [9.17, 15) is 4.79 Å². The second-order valence-electron chi connectivity index (χ2n) is 13.0. The number of fused-ring (bicyclic) bond motifs is 2.